The molecule has 1 aromatic carbocycles. The molecule has 0 saturated carbocycles. The van der Waals surface area contributed by atoms with E-state index < -0.39 is 14.9 Å². The van der Waals surface area contributed by atoms with E-state index in [1.807, 2.05) is 0 Å². The van der Waals surface area contributed by atoms with E-state index in [-0.39, 0.29) is 28.7 Å². The van der Waals surface area contributed by atoms with Gasteiger partial charge in [0.05, 0.1) is 23.2 Å². The standard InChI is InChI=1S/C10H11ClN2O5S/c11-9-7-8(13(14)15)1-2-10(9)19(16,17)12-3-5-18-6-4-12/h1-2,7H,3-6H2. The molecule has 1 aliphatic heterocycles. The number of nitro groups is 1. The van der Waals surface area contributed by atoms with E-state index in [2.05, 4.69) is 0 Å². The van der Waals surface area contributed by atoms with Crippen LogP contribution in [0.5, 0.6) is 0 Å². The summed E-state index contributed by atoms with van der Waals surface area (Å²) in [6.07, 6.45) is 0. The molecule has 2 rings (SSSR count). The first-order valence-electron chi connectivity index (χ1n) is 5.45. The SMILES string of the molecule is O=[N+]([O-])c1ccc(S(=O)(=O)N2CCOCC2)c(Cl)c1. The third-order valence-corrected chi connectivity index (χ3v) is 5.10. The van der Waals surface area contributed by atoms with E-state index in [4.69, 9.17) is 16.3 Å². The minimum Gasteiger partial charge on any atom is -0.379 e. The van der Waals surface area contributed by atoms with Crippen LogP contribution >= 0.6 is 11.6 Å². The molecule has 0 atom stereocenters. The monoisotopic (exact) mass is 306 g/mol. The van der Waals surface area contributed by atoms with Crippen LogP contribution < -0.4 is 0 Å². The second kappa shape index (κ2) is 5.41. The van der Waals surface area contributed by atoms with Gasteiger partial charge in [0, 0.05) is 25.2 Å². The number of non-ortho nitro benzene ring substituents is 1. The minimum absolute atomic E-state index is 0.123. The average molecular weight is 307 g/mol. The van der Waals surface area contributed by atoms with Crippen molar-refractivity contribution in [1.82, 2.24) is 4.31 Å². The first-order chi connectivity index (χ1) is 8.93. The Morgan fingerprint density at radius 2 is 1.95 bits per heavy atom. The fourth-order valence-corrected chi connectivity index (χ4v) is 3.66. The summed E-state index contributed by atoms with van der Waals surface area (Å²) in [4.78, 5) is 9.83. The van der Waals surface area contributed by atoms with Crippen molar-refractivity contribution in [2.24, 2.45) is 0 Å². The van der Waals surface area contributed by atoms with E-state index in [0.29, 0.717) is 13.2 Å². The zero-order valence-electron chi connectivity index (χ0n) is 9.78. The van der Waals surface area contributed by atoms with Crippen molar-refractivity contribution in [3.05, 3.63) is 33.3 Å². The third kappa shape index (κ3) is 2.86. The van der Waals surface area contributed by atoms with Gasteiger partial charge in [-0.1, -0.05) is 11.6 Å². The number of benzene rings is 1. The second-order valence-corrected chi connectivity index (χ2v) is 6.20. The molecule has 0 aliphatic carbocycles. The number of rotatable bonds is 3. The summed E-state index contributed by atoms with van der Waals surface area (Å²) in [7, 11) is -3.74. The predicted octanol–water partition coefficient (Wildman–Crippen LogP) is 1.27. The summed E-state index contributed by atoms with van der Waals surface area (Å²) in [6.45, 7) is 1.14. The zero-order valence-corrected chi connectivity index (χ0v) is 11.4. The molecule has 0 N–H and O–H groups in total. The van der Waals surface area contributed by atoms with Crippen molar-refractivity contribution in [1.29, 1.82) is 0 Å². The number of sulfonamides is 1. The van der Waals surface area contributed by atoms with Gasteiger partial charge in [-0.25, -0.2) is 8.42 Å². The lowest BCUT2D eigenvalue weighted by atomic mass is 10.3. The van der Waals surface area contributed by atoms with Crippen LogP contribution in [-0.4, -0.2) is 43.9 Å². The number of morpholine rings is 1. The molecule has 19 heavy (non-hydrogen) atoms. The van der Waals surface area contributed by atoms with Gasteiger partial charge in [-0.3, -0.25) is 10.1 Å². The van der Waals surface area contributed by atoms with Gasteiger partial charge in [-0.05, 0) is 6.07 Å². The molecule has 1 heterocycles. The van der Waals surface area contributed by atoms with Gasteiger partial charge in [0.1, 0.15) is 4.90 Å². The molecule has 1 saturated heterocycles. The molecule has 7 nitrogen and oxygen atoms in total. The third-order valence-electron chi connectivity index (χ3n) is 2.71. The lowest BCUT2D eigenvalue weighted by molar-refractivity contribution is -0.384. The molecule has 9 heteroatoms. The lowest BCUT2D eigenvalue weighted by Crippen LogP contribution is -2.40. The van der Waals surface area contributed by atoms with Gasteiger partial charge >= 0.3 is 0 Å². The summed E-state index contributed by atoms with van der Waals surface area (Å²) >= 11 is 5.84. The molecule has 0 amide bonds. The Kier molecular flexibility index (Phi) is 4.04. The van der Waals surface area contributed by atoms with E-state index in [9.17, 15) is 18.5 Å². The summed E-state index contributed by atoms with van der Waals surface area (Å²) in [5.74, 6) is 0. The first kappa shape index (κ1) is 14.2. The predicted molar refractivity (Wildman–Crippen MR) is 67.7 cm³/mol. The van der Waals surface area contributed by atoms with E-state index in [1.54, 1.807) is 0 Å². The van der Waals surface area contributed by atoms with Crippen LogP contribution in [0.2, 0.25) is 5.02 Å². The molecule has 104 valence electrons. The van der Waals surface area contributed by atoms with Gasteiger partial charge in [0.25, 0.3) is 5.69 Å². The van der Waals surface area contributed by atoms with Crippen LogP contribution in [0.3, 0.4) is 0 Å². The highest BCUT2D eigenvalue weighted by Crippen LogP contribution is 2.28. The van der Waals surface area contributed by atoms with Crippen molar-refractivity contribution < 1.29 is 18.1 Å². The lowest BCUT2D eigenvalue weighted by Gasteiger charge is -2.26. The Balaban J connectivity index is 2.37. The zero-order chi connectivity index (χ0) is 14.0. The maximum atomic E-state index is 12.3. The normalized spacial score (nSPS) is 17.3. The molecule has 1 fully saturated rings. The fraction of sp³-hybridized carbons (Fsp3) is 0.400. The number of nitro benzene ring substituents is 1. The molecule has 0 spiro atoms. The Morgan fingerprint density at radius 1 is 1.32 bits per heavy atom. The number of nitrogens with zero attached hydrogens (tertiary/aromatic N) is 2. The number of hydrogen-bond acceptors (Lipinski definition) is 5. The molecule has 0 bridgehead atoms. The highest BCUT2D eigenvalue weighted by atomic mass is 35.5. The Hall–Kier alpha value is -1.22. The largest absolute Gasteiger partial charge is 0.379 e. The summed E-state index contributed by atoms with van der Waals surface area (Å²) in [6, 6.07) is 3.32. The van der Waals surface area contributed by atoms with Crippen LogP contribution in [0, 0.1) is 10.1 Å². The molecule has 1 aliphatic rings. The molecular weight excluding hydrogens is 296 g/mol. The molecular formula is C10H11ClN2O5S. The van der Waals surface area contributed by atoms with Crippen LogP contribution in [0.25, 0.3) is 0 Å². The van der Waals surface area contributed by atoms with E-state index in [0.717, 1.165) is 18.2 Å². The van der Waals surface area contributed by atoms with Gasteiger partial charge in [-0.2, -0.15) is 4.31 Å². The van der Waals surface area contributed by atoms with Crippen LogP contribution in [-0.2, 0) is 14.8 Å². The molecule has 0 radical (unpaired) electrons. The maximum absolute atomic E-state index is 12.3. The number of ether oxygens (including phenoxy) is 1. The Bertz CT molecular complexity index is 598. The van der Waals surface area contributed by atoms with Crippen molar-refractivity contribution in [3.63, 3.8) is 0 Å². The summed E-state index contributed by atoms with van der Waals surface area (Å²) < 4.78 is 30.9. The average Bonchev–Trinajstić information content (AvgIpc) is 2.39. The smallest absolute Gasteiger partial charge is 0.271 e. The van der Waals surface area contributed by atoms with Gasteiger partial charge in [0.15, 0.2) is 0 Å². The van der Waals surface area contributed by atoms with E-state index >= 15 is 0 Å². The van der Waals surface area contributed by atoms with Crippen LogP contribution in [0.15, 0.2) is 23.1 Å². The maximum Gasteiger partial charge on any atom is 0.271 e. The molecule has 1 aromatic rings. The van der Waals surface area contributed by atoms with Crippen molar-refractivity contribution in [2.45, 2.75) is 4.90 Å². The van der Waals surface area contributed by atoms with Crippen molar-refractivity contribution in [3.8, 4) is 0 Å². The number of halogens is 1. The fourth-order valence-electron chi connectivity index (χ4n) is 1.74. The molecule has 0 aromatic heterocycles. The number of hydrogen-bond donors (Lipinski definition) is 0. The van der Waals surface area contributed by atoms with Crippen LogP contribution in [0.1, 0.15) is 0 Å². The van der Waals surface area contributed by atoms with Gasteiger partial charge in [0.2, 0.25) is 10.0 Å². The summed E-state index contributed by atoms with van der Waals surface area (Å²) in [5.41, 5.74) is -0.245. The quantitative estimate of drug-likeness (QED) is 0.619. The topological polar surface area (TPSA) is 89.8 Å². The molecule has 0 unspecified atom stereocenters. The Morgan fingerprint density at radius 3 is 2.47 bits per heavy atom. The highest BCUT2D eigenvalue weighted by Gasteiger charge is 2.29. The van der Waals surface area contributed by atoms with Crippen molar-refractivity contribution >= 4 is 27.3 Å². The van der Waals surface area contributed by atoms with Gasteiger partial charge < -0.3 is 4.74 Å². The van der Waals surface area contributed by atoms with Crippen molar-refractivity contribution in [2.75, 3.05) is 26.3 Å². The van der Waals surface area contributed by atoms with Crippen LogP contribution in [0.4, 0.5) is 5.69 Å². The summed E-state index contributed by atoms with van der Waals surface area (Å²) in [5, 5.41) is 10.4. The van der Waals surface area contributed by atoms with Gasteiger partial charge in [-0.15, -0.1) is 0 Å². The second-order valence-electron chi connectivity index (χ2n) is 3.89. The van der Waals surface area contributed by atoms with E-state index in [1.165, 1.54) is 4.31 Å². The minimum atomic E-state index is -3.74. The first-order valence-corrected chi connectivity index (χ1v) is 7.26. The Labute approximate surface area is 114 Å². The highest BCUT2D eigenvalue weighted by molar-refractivity contribution is 7.89.